The maximum atomic E-state index is 12.4. The number of thioether (sulfide) groups is 1. The number of anilines is 1. The minimum atomic E-state index is -0.193. The van der Waals surface area contributed by atoms with E-state index in [1.54, 1.807) is 36.1 Å². The summed E-state index contributed by atoms with van der Waals surface area (Å²) in [5.74, 6) is 0.729. The van der Waals surface area contributed by atoms with Crippen LogP contribution in [0.3, 0.4) is 0 Å². The van der Waals surface area contributed by atoms with E-state index in [0.29, 0.717) is 15.3 Å². The number of tetrazole rings is 1. The summed E-state index contributed by atoms with van der Waals surface area (Å²) in [7, 11) is 1.62. The molecule has 1 amide bonds. The normalized spacial score (nSPS) is 10.7. The second kappa shape index (κ2) is 9.24. The Morgan fingerprint density at radius 2 is 1.97 bits per heavy atom. The predicted molar refractivity (Wildman–Crippen MR) is 118 cm³/mol. The van der Waals surface area contributed by atoms with Gasteiger partial charge in [-0.1, -0.05) is 23.4 Å². The predicted octanol–water partition coefficient (Wildman–Crippen LogP) is 4.18. The van der Waals surface area contributed by atoms with Crippen LogP contribution in [0, 0.1) is 0 Å². The Kier molecular flexibility index (Phi) is 6.26. The van der Waals surface area contributed by atoms with E-state index in [0.717, 1.165) is 22.7 Å². The first-order valence-corrected chi connectivity index (χ1v) is 10.9. The molecule has 2 aromatic heterocycles. The van der Waals surface area contributed by atoms with E-state index >= 15 is 0 Å². The van der Waals surface area contributed by atoms with E-state index < -0.39 is 0 Å². The lowest BCUT2D eigenvalue weighted by molar-refractivity contribution is -0.113. The molecule has 30 heavy (non-hydrogen) atoms. The molecule has 2 aromatic carbocycles. The molecular formula is C19H15ClN6O2S2. The fraction of sp³-hybridized carbons (Fsp3) is 0.105. The van der Waals surface area contributed by atoms with Crippen molar-refractivity contribution in [1.82, 2.24) is 25.2 Å². The lowest BCUT2D eigenvalue weighted by Gasteiger charge is -2.04. The molecule has 152 valence electrons. The number of hydrogen-bond donors (Lipinski definition) is 1. The van der Waals surface area contributed by atoms with Crippen LogP contribution in [0.15, 0.2) is 59.1 Å². The fourth-order valence-electron chi connectivity index (χ4n) is 2.52. The molecule has 0 aliphatic rings. The highest BCUT2D eigenvalue weighted by molar-refractivity contribution is 7.99. The van der Waals surface area contributed by atoms with Gasteiger partial charge in [0.15, 0.2) is 5.13 Å². The number of methoxy groups -OCH3 is 1. The molecule has 0 saturated carbocycles. The fourth-order valence-corrected chi connectivity index (χ4v) is 4.08. The third kappa shape index (κ3) is 4.78. The molecule has 1 N–H and O–H groups in total. The molecule has 8 nitrogen and oxygen atoms in total. The van der Waals surface area contributed by atoms with Crippen molar-refractivity contribution in [2.75, 3.05) is 18.2 Å². The molecular weight excluding hydrogens is 444 g/mol. The minimum absolute atomic E-state index is 0.144. The van der Waals surface area contributed by atoms with Gasteiger partial charge in [0.1, 0.15) is 5.75 Å². The summed E-state index contributed by atoms with van der Waals surface area (Å²) in [5.41, 5.74) is 2.50. The molecule has 0 atom stereocenters. The molecule has 0 aliphatic carbocycles. The number of rotatable bonds is 7. The van der Waals surface area contributed by atoms with Crippen molar-refractivity contribution in [2.45, 2.75) is 5.16 Å². The van der Waals surface area contributed by atoms with Gasteiger partial charge in [-0.3, -0.25) is 4.79 Å². The zero-order valence-electron chi connectivity index (χ0n) is 15.7. The second-order valence-electron chi connectivity index (χ2n) is 5.95. The SMILES string of the molecule is COc1ccc(-c2csc(NC(=O)CSc3nnnn3-c3ccc(Cl)cc3)n2)cc1. The molecule has 0 aliphatic heterocycles. The zero-order chi connectivity index (χ0) is 20.9. The summed E-state index contributed by atoms with van der Waals surface area (Å²) < 4.78 is 6.72. The highest BCUT2D eigenvalue weighted by Crippen LogP contribution is 2.27. The van der Waals surface area contributed by atoms with Gasteiger partial charge < -0.3 is 10.1 Å². The van der Waals surface area contributed by atoms with E-state index in [9.17, 15) is 4.79 Å². The third-order valence-corrected chi connectivity index (χ3v) is 5.91. The van der Waals surface area contributed by atoms with Crippen LogP contribution in [0.5, 0.6) is 5.75 Å². The molecule has 0 saturated heterocycles. The van der Waals surface area contributed by atoms with Gasteiger partial charge in [-0.05, 0) is 59.0 Å². The smallest absolute Gasteiger partial charge is 0.236 e. The Balaban J connectivity index is 1.36. The summed E-state index contributed by atoms with van der Waals surface area (Å²) >= 11 is 8.52. The van der Waals surface area contributed by atoms with Crippen LogP contribution in [0.4, 0.5) is 5.13 Å². The van der Waals surface area contributed by atoms with E-state index in [1.165, 1.54) is 23.1 Å². The molecule has 0 radical (unpaired) electrons. The van der Waals surface area contributed by atoms with Crippen LogP contribution in [0.1, 0.15) is 0 Å². The Morgan fingerprint density at radius 3 is 2.70 bits per heavy atom. The van der Waals surface area contributed by atoms with Crippen molar-refractivity contribution in [3.63, 3.8) is 0 Å². The van der Waals surface area contributed by atoms with E-state index in [2.05, 4.69) is 25.8 Å². The Hall–Kier alpha value is -2.95. The minimum Gasteiger partial charge on any atom is -0.497 e. The summed E-state index contributed by atoms with van der Waals surface area (Å²) in [6.07, 6.45) is 0. The van der Waals surface area contributed by atoms with Crippen molar-refractivity contribution < 1.29 is 9.53 Å². The maximum absolute atomic E-state index is 12.4. The summed E-state index contributed by atoms with van der Waals surface area (Å²) in [5, 5.41) is 18.0. The highest BCUT2D eigenvalue weighted by Gasteiger charge is 2.13. The standard InChI is InChI=1S/C19H15ClN6O2S2/c1-28-15-8-2-12(3-9-15)16-10-29-18(21-16)22-17(27)11-30-19-23-24-25-26(19)14-6-4-13(20)5-7-14/h2-10H,11H2,1H3,(H,21,22,27). The summed E-state index contributed by atoms with van der Waals surface area (Å²) in [4.78, 5) is 16.8. The Labute approximate surface area is 185 Å². The number of halogens is 1. The van der Waals surface area contributed by atoms with Crippen LogP contribution < -0.4 is 10.1 Å². The summed E-state index contributed by atoms with van der Waals surface area (Å²) in [6.45, 7) is 0. The lowest BCUT2D eigenvalue weighted by atomic mass is 10.2. The first kappa shape index (κ1) is 20.3. The van der Waals surface area contributed by atoms with Crippen molar-refractivity contribution >= 4 is 45.7 Å². The Morgan fingerprint density at radius 1 is 1.20 bits per heavy atom. The molecule has 4 aromatic rings. The molecule has 11 heteroatoms. The van der Waals surface area contributed by atoms with Crippen LogP contribution in [-0.4, -0.2) is 44.0 Å². The molecule has 0 bridgehead atoms. The number of amides is 1. The molecule has 2 heterocycles. The topological polar surface area (TPSA) is 94.8 Å². The monoisotopic (exact) mass is 458 g/mol. The number of hydrogen-bond acceptors (Lipinski definition) is 8. The molecule has 0 spiro atoms. The number of ether oxygens (including phenoxy) is 1. The number of carbonyl (C=O) groups excluding carboxylic acids is 1. The third-order valence-electron chi connectivity index (χ3n) is 3.98. The largest absolute Gasteiger partial charge is 0.497 e. The Bertz CT molecular complexity index is 1140. The molecule has 0 fully saturated rings. The van der Waals surface area contributed by atoms with Gasteiger partial charge in [0.2, 0.25) is 11.1 Å². The first-order valence-electron chi connectivity index (χ1n) is 8.69. The van der Waals surface area contributed by atoms with Crippen molar-refractivity contribution in [3.05, 3.63) is 58.9 Å². The van der Waals surface area contributed by atoms with E-state index in [-0.39, 0.29) is 11.7 Å². The van der Waals surface area contributed by atoms with Crippen molar-refractivity contribution in [1.29, 1.82) is 0 Å². The van der Waals surface area contributed by atoms with Crippen molar-refractivity contribution in [3.8, 4) is 22.7 Å². The number of carbonyl (C=O) groups is 1. The van der Waals surface area contributed by atoms with Crippen LogP contribution >= 0.6 is 34.7 Å². The van der Waals surface area contributed by atoms with Gasteiger partial charge in [-0.25, -0.2) is 4.98 Å². The average Bonchev–Trinajstić information content (AvgIpc) is 3.42. The number of benzene rings is 2. The van der Waals surface area contributed by atoms with Gasteiger partial charge in [-0.2, -0.15) is 4.68 Å². The van der Waals surface area contributed by atoms with Gasteiger partial charge in [0, 0.05) is 16.0 Å². The number of nitrogens with zero attached hydrogens (tertiary/aromatic N) is 5. The van der Waals surface area contributed by atoms with Gasteiger partial charge in [0.05, 0.1) is 24.2 Å². The second-order valence-corrected chi connectivity index (χ2v) is 8.19. The molecule has 0 unspecified atom stereocenters. The highest BCUT2D eigenvalue weighted by atomic mass is 35.5. The van der Waals surface area contributed by atoms with Crippen LogP contribution in [-0.2, 0) is 4.79 Å². The summed E-state index contributed by atoms with van der Waals surface area (Å²) in [6, 6.07) is 14.7. The lowest BCUT2D eigenvalue weighted by Crippen LogP contribution is -2.14. The van der Waals surface area contributed by atoms with Gasteiger partial charge in [0.25, 0.3) is 0 Å². The van der Waals surface area contributed by atoms with Crippen LogP contribution in [0.25, 0.3) is 16.9 Å². The maximum Gasteiger partial charge on any atom is 0.236 e. The van der Waals surface area contributed by atoms with Gasteiger partial charge >= 0.3 is 0 Å². The number of aromatic nitrogens is 5. The zero-order valence-corrected chi connectivity index (χ0v) is 18.0. The van der Waals surface area contributed by atoms with E-state index in [4.69, 9.17) is 16.3 Å². The number of nitrogens with one attached hydrogen (secondary N) is 1. The van der Waals surface area contributed by atoms with Crippen LogP contribution in [0.2, 0.25) is 5.02 Å². The first-order chi connectivity index (χ1) is 14.6. The quantitative estimate of drug-likeness (QED) is 0.415. The average molecular weight is 459 g/mol. The number of thiazole rings is 1. The van der Waals surface area contributed by atoms with Crippen molar-refractivity contribution in [2.24, 2.45) is 0 Å². The van der Waals surface area contributed by atoms with Gasteiger partial charge in [-0.15, -0.1) is 16.4 Å². The molecule has 4 rings (SSSR count). The van der Waals surface area contributed by atoms with E-state index in [1.807, 2.05) is 29.6 Å².